The molecule has 0 radical (unpaired) electrons. The average molecular weight is 621 g/mol. The van der Waals surface area contributed by atoms with Gasteiger partial charge in [-0.2, -0.15) is 0 Å². The zero-order valence-corrected chi connectivity index (χ0v) is 26.1. The molecule has 0 unspecified atom stereocenters. The first-order chi connectivity index (χ1) is 19.4. The van der Waals surface area contributed by atoms with Crippen LogP contribution in [0.25, 0.3) is 0 Å². The number of carbonyl (C=O) groups excluding carboxylic acids is 2. The predicted molar refractivity (Wildman–Crippen MR) is 163 cm³/mol. The summed E-state index contributed by atoms with van der Waals surface area (Å²) in [7, 11) is -2.78. The fourth-order valence-corrected chi connectivity index (χ4v) is 5.89. The van der Waals surface area contributed by atoms with Gasteiger partial charge < -0.3 is 15.0 Å². The first kappa shape index (κ1) is 32.2. The van der Waals surface area contributed by atoms with Crippen molar-refractivity contribution in [3.05, 3.63) is 87.9 Å². The molecule has 0 aliphatic heterocycles. The minimum Gasteiger partial charge on any atom is -0.495 e. The standard InChI is InChI=1S/C30H35Cl2N3O5S/c1-6-21(3)33-30(37)22(4)34(18-23-9-7-8-10-26(23)31)29(36)19-35(24-13-16-28(40-5)27(32)17-24)41(38,39)25-14-11-20(2)12-15-25/h7-17,21-22H,6,18-19H2,1-5H3,(H,33,37)/t21-,22-/m1/s1. The Labute approximate surface area is 252 Å². The lowest BCUT2D eigenvalue weighted by Gasteiger charge is -2.32. The lowest BCUT2D eigenvalue weighted by molar-refractivity contribution is -0.139. The number of methoxy groups -OCH3 is 1. The first-order valence-electron chi connectivity index (χ1n) is 13.1. The topological polar surface area (TPSA) is 96.0 Å². The highest BCUT2D eigenvalue weighted by Crippen LogP contribution is 2.32. The quantitative estimate of drug-likeness (QED) is 0.275. The lowest BCUT2D eigenvalue weighted by atomic mass is 10.1. The molecule has 0 heterocycles. The Morgan fingerprint density at radius 1 is 0.976 bits per heavy atom. The molecule has 0 aromatic heterocycles. The van der Waals surface area contributed by atoms with E-state index in [1.54, 1.807) is 43.3 Å². The number of hydrogen-bond donors (Lipinski definition) is 1. The number of nitrogens with zero attached hydrogens (tertiary/aromatic N) is 2. The van der Waals surface area contributed by atoms with Crippen molar-refractivity contribution in [3.8, 4) is 5.75 Å². The minimum absolute atomic E-state index is 0.00283. The number of hydrogen-bond acceptors (Lipinski definition) is 5. The van der Waals surface area contributed by atoms with Crippen molar-refractivity contribution in [3.63, 3.8) is 0 Å². The fourth-order valence-electron chi connectivity index (χ4n) is 4.03. The Morgan fingerprint density at radius 2 is 1.63 bits per heavy atom. The van der Waals surface area contributed by atoms with Crippen LogP contribution in [0.2, 0.25) is 10.0 Å². The van der Waals surface area contributed by atoms with Crippen LogP contribution in [0.1, 0.15) is 38.3 Å². The van der Waals surface area contributed by atoms with Crippen LogP contribution in [0.15, 0.2) is 71.6 Å². The van der Waals surface area contributed by atoms with Gasteiger partial charge in [-0.15, -0.1) is 0 Å². The van der Waals surface area contributed by atoms with E-state index in [-0.39, 0.29) is 34.1 Å². The highest BCUT2D eigenvalue weighted by atomic mass is 35.5. The molecule has 41 heavy (non-hydrogen) atoms. The number of nitrogens with one attached hydrogen (secondary N) is 1. The third kappa shape index (κ3) is 7.93. The first-order valence-corrected chi connectivity index (χ1v) is 15.3. The highest BCUT2D eigenvalue weighted by molar-refractivity contribution is 7.92. The summed E-state index contributed by atoms with van der Waals surface area (Å²) in [5.74, 6) is -0.607. The van der Waals surface area contributed by atoms with E-state index < -0.39 is 28.5 Å². The minimum atomic E-state index is -4.23. The molecule has 0 spiro atoms. The SMILES string of the molecule is CC[C@@H](C)NC(=O)[C@@H](C)N(Cc1ccccc1Cl)C(=O)CN(c1ccc(OC)c(Cl)c1)S(=O)(=O)c1ccc(C)cc1. The molecular formula is C30H35Cl2N3O5S. The van der Waals surface area contributed by atoms with Crippen LogP contribution in [0, 0.1) is 6.92 Å². The highest BCUT2D eigenvalue weighted by Gasteiger charge is 2.33. The smallest absolute Gasteiger partial charge is 0.264 e. The van der Waals surface area contributed by atoms with Crippen LogP contribution in [-0.2, 0) is 26.2 Å². The van der Waals surface area contributed by atoms with Gasteiger partial charge in [-0.3, -0.25) is 13.9 Å². The average Bonchev–Trinajstić information content (AvgIpc) is 2.95. The van der Waals surface area contributed by atoms with Crippen molar-refractivity contribution >= 4 is 50.7 Å². The summed E-state index contributed by atoms with van der Waals surface area (Å²) in [6, 6.07) is 16.8. The van der Waals surface area contributed by atoms with Crippen molar-refractivity contribution in [2.45, 2.75) is 57.6 Å². The molecular weight excluding hydrogens is 585 g/mol. The van der Waals surface area contributed by atoms with E-state index in [0.717, 1.165) is 9.87 Å². The van der Waals surface area contributed by atoms with Gasteiger partial charge in [0.1, 0.15) is 18.3 Å². The third-order valence-electron chi connectivity index (χ3n) is 6.78. The van der Waals surface area contributed by atoms with Gasteiger partial charge in [0.05, 0.1) is 22.7 Å². The molecule has 1 N–H and O–H groups in total. The van der Waals surface area contributed by atoms with E-state index in [9.17, 15) is 18.0 Å². The number of benzene rings is 3. The van der Waals surface area contributed by atoms with Gasteiger partial charge >= 0.3 is 0 Å². The number of carbonyl (C=O) groups is 2. The molecule has 220 valence electrons. The Bertz CT molecular complexity index is 1480. The molecule has 8 nitrogen and oxygen atoms in total. The van der Waals surface area contributed by atoms with E-state index in [1.165, 1.54) is 42.3 Å². The molecule has 2 atom stereocenters. The zero-order chi connectivity index (χ0) is 30.3. The van der Waals surface area contributed by atoms with Gasteiger partial charge in [0.25, 0.3) is 10.0 Å². The summed E-state index contributed by atoms with van der Waals surface area (Å²) in [6.07, 6.45) is 0.706. The number of sulfonamides is 1. The van der Waals surface area contributed by atoms with Crippen molar-refractivity contribution < 1.29 is 22.7 Å². The Kier molecular flexibility index (Phi) is 11.1. The van der Waals surface area contributed by atoms with Gasteiger partial charge in [0, 0.05) is 17.6 Å². The van der Waals surface area contributed by atoms with Crippen LogP contribution in [-0.4, -0.2) is 50.9 Å². The second kappa shape index (κ2) is 14.1. The number of amides is 2. The van der Waals surface area contributed by atoms with Crippen LogP contribution >= 0.6 is 23.2 Å². The number of anilines is 1. The molecule has 2 amide bonds. The lowest BCUT2D eigenvalue weighted by Crippen LogP contribution is -2.52. The molecule has 0 saturated heterocycles. The maximum Gasteiger partial charge on any atom is 0.264 e. The second-order valence-electron chi connectivity index (χ2n) is 9.75. The number of aryl methyl sites for hydroxylation is 1. The van der Waals surface area contributed by atoms with E-state index in [0.29, 0.717) is 22.8 Å². The van der Waals surface area contributed by atoms with Crippen molar-refractivity contribution in [1.29, 1.82) is 0 Å². The van der Waals surface area contributed by atoms with Crippen molar-refractivity contribution in [2.24, 2.45) is 0 Å². The molecule has 0 aliphatic carbocycles. The summed E-state index contributed by atoms with van der Waals surface area (Å²) in [5, 5.41) is 3.50. The summed E-state index contributed by atoms with van der Waals surface area (Å²) < 4.78 is 34.1. The van der Waals surface area contributed by atoms with Crippen molar-refractivity contribution in [2.75, 3.05) is 18.0 Å². The van der Waals surface area contributed by atoms with Gasteiger partial charge in [0.2, 0.25) is 11.8 Å². The van der Waals surface area contributed by atoms with E-state index in [1.807, 2.05) is 20.8 Å². The van der Waals surface area contributed by atoms with E-state index in [2.05, 4.69) is 5.32 Å². The monoisotopic (exact) mass is 619 g/mol. The van der Waals surface area contributed by atoms with Gasteiger partial charge in [-0.05, 0) is 69.2 Å². The van der Waals surface area contributed by atoms with Gasteiger partial charge in [0.15, 0.2) is 0 Å². The summed E-state index contributed by atoms with van der Waals surface area (Å²) in [5.41, 5.74) is 1.66. The van der Waals surface area contributed by atoms with Crippen molar-refractivity contribution in [1.82, 2.24) is 10.2 Å². The molecule has 0 aliphatic rings. The van der Waals surface area contributed by atoms with E-state index >= 15 is 0 Å². The zero-order valence-electron chi connectivity index (χ0n) is 23.7. The molecule has 0 saturated carbocycles. The summed E-state index contributed by atoms with van der Waals surface area (Å²) in [4.78, 5) is 28.5. The maximum atomic E-state index is 14.0. The fraction of sp³-hybridized carbons (Fsp3) is 0.333. The van der Waals surface area contributed by atoms with Crippen LogP contribution in [0.5, 0.6) is 5.75 Å². The molecule has 0 fully saturated rings. The largest absolute Gasteiger partial charge is 0.495 e. The Hall–Kier alpha value is -3.27. The second-order valence-corrected chi connectivity index (χ2v) is 12.4. The molecule has 11 heteroatoms. The molecule has 3 aromatic rings. The number of rotatable bonds is 12. The number of ether oxygens (including phenoxy) is 1. The summed E-state index contributed by atoms with van der Waals surface area (Å²) in [6.45, 7) is 6.67. The van der Waals surface area contributed by atoms with Crippen LogP contribution in [0.4, 0.5) is 5.69 Å². The maximum absolute atomic E-state index is 14.0. The normalized spacial score (nSPS) is 12.8. The Balaban J connectivity index is 2.07. The summed E-state index contributed by atoms with van der Waals surface area (Å²) >= 11 is 12.8. The Morgan fingerprint density at radius 3 is 2.22 bits per heavy atom. The third-order valence-corrected chi connectivity index (χ3v) is 9.23. The van der Waals surface area contributed by atoms with Crippen LogP contribution < -0.4 is 14.4 Å². The van der Waals surface area contributed by atoms with Gasteiger partial charge in [-0.25, -0.2) is 8.42 Å². The predicted octanol–water partition coefficient (Wildman–Crippen LogP) is 5.84. The molecule has 3 aromatic carbocycles. The molecule has 3 rings (SSSR count). The van der Waals surface area contributed by atoms with Crippen LogP contribution in [0.3, 0.4) is 0 Å². The van der Waals surface area contributed by atoms with E-state index in [4.69, 9.17) is 27.9 Å². The number of halogens is 2. The molecule has 0 bridgehead atoms. The van der Waals surface area contributed by atoms with Gasteiger partial charge in [-0.1, -0.05) is 66.0 Å².